The molecule has 1 aliphatic carbocycles. The Balaban J connectivity index is 1.82. The van der Waals surface area contributed by atoms with E-state index in [4.69, 9.17) is 5.73 Å². The highest BCUT2D eigenvalue weighted by Crippen LogP contribution is 2.27. The Morgan fingerprint density at radius 3 is 2.80 bits per heavy atom. The van der Waals surface area contributed by atoms with Crippen LogP contribution in [0.1, 0.15) is 24.8 Å². The molecule has 0 unspecified atom stereocenters. The number of hydrogen-bond donors (Lipinski definition) is 1. The van der Waals surface area contributed by atoms with Crippen LogP contribution in [0.15, 0.2) is 18.3 Å². The second-order valence-corrected chi connectivity index (χ2v) is 4.58. The Bertz CT molecular complexity index is 303. The molecule has 2 rings (SSSR count). The zero-order valence-electron chi connectivity index (χ0n) is 9.32. The predicted octanol–water partition coefficient (Wildman–Crippen LogP) is 1.90. The lowest BCUT2D eigenvalue weighted by Gasteiger charge is -2.30. The largest absolute Gasteiger partial charge is 0.384 e. The smallest absolute Gasteiger partial charge is 0.123 e. The Kier molecular flexibility index (Phi) is 3.21. The Labute approximate surface area is 91.3 Å². The van der Waals surface area contributed by atoms with Gasteiger partial charge >= 0.3 is 0 Å². The fraction of sp³-hybridized carbons (Fsp3) is 0.583. The molecule has 1 aromatic rings. The van der Waals surface area contributed by atoms with Crippen molar-refractivity contribution >= 4 is 5.82 Å². The molecule has 3 nitrogen and oxygen atoms in total. The fourth-order valence-electron chi connectivity index (χ4n) is 2.02. The molecule has 0 atom stereocenters. The van der Waals surface area contributed by atoms with Gasteiger partial charge in [0, 0.05) is 19.3 Å². The summed E-state index contributed by atoms with van der Waals surface area (Å²) in [6.45, 7) is 2.19. The van der Waals surface area contributed by atoms with Crippen LogP contribution in [0.25, 0.3) is 0 Å². The lowest BCUT2D eigenvalue weighted by molar-refractivity contribution is 0.200. The number of nitrogen functional groups attached to an aromatic ring is 1. The van der Waals surface area contributed by atoms with Gasteiger partial charge in [-0.1, -0.05) is 12.5 Å². The Hall–Kier alpha value is -1.09. The lowest BCUT2D eigenvalue weighted by Crippen LogP contribution is -2.29. The minimum atomic E-state index is 0.598. The molecule has 1 aliphatic rings. The average molecular weight is 205 g/mol. The van der Waals surface area contributed by atoms with Gasteiger partial charge in [-0.15, -0.1) is 0 Å². The topological polar surface area (TPSA) is 42.1 Å². The van der Waals surface area contributed by atoms with Crippen LogP contribution in [-0.2, 0) is 6.54 Å². The van der Waals surface area contributed by atoms with Crippen LogP contribution in [0.5, 0.6) is 0 Å². The summed E-state index contributed by atoms with van der Waals surface area (Å²) in [5, 5.41) is 0. The maximum absolute atomic E-state index is 5.54. The molecule has 0 aromatic carbocycles. The quantitative estimate of drug-likeness (QED) is 0.816. The molecular weight excluding hydrogens is 186 g/mol. The average Bonchev–Trinajstić information content (AvgIpc) is 2.16. The number of rotatable bonds is 4. The molecule has 0 aliphatic heterocycles. The van der Waals surface area contributed by atoms with E-state index in [9.17, 15) is 0 Å². The molecule has 0 bridgehead atoms. The number of hydrogen-bond acceptors (Lipinski definition) is 3. The van der Waals surface area contributed by atoms with E-state index in [1.165, 1.54) is 31.4 Å². The normalized spacial score (nSPS) is 16.7. The molecule has 0 saturated heterocycles. The summed E-state index contributed by atoms with van der Waals surface area (Å²) in [7, 11) is 2.18. The van der Waals surface area contributed by atoms with Crippen molar-refractivity contribution in [2.24, 2.45) is 5.92 Å². The van der Waals surface area contributed by atoms with E-state index in [1.54, 1.807) is 0 Å². The third kappa shape index (κ3) is 2.93. The molecular formula is C12H19N3. The highest BCUT2D eigenvalue weighted by Gasteiger charge is 2.18. The lowest BCUT2D eigenvalue weighted by atomic mass is 9.85. The van der Waals surface area contributed by atoms with Gasteiger partial charge in [-0.3, -0.25) is 0 Å². The number of aromatic nitrogens is 1. The summed E-state index contributed by atoms with van der Waals surface area (Å²) in [6.07, 6.45) is 6.10. The van der Waals surface area contributed by atoms with Crippen molar-refractivity contribution in [1.29, 1.82) is 0 Å². The highest BCUT2D eigenvalue weighted by molar-refractivity contribution is 5.29. The monoisotopic (exact) mass is 205 g/mol. The summed E-state index contributed by atoms with van der Waals surface area (Å²) in [4.78, 5) is 6.47. The van der Waals surface area contributed by atoms with E-state index in [1.807, 2.05) is 12.3 Å². The van der Waals surface area contributed by atoms with Gasteiger partial charge in [-0.25, -0.2) is 4.98 Å². The van der Waals surface area contributed by atoms with Crippen molar-refractivity contribution in [2.45, 2.75) is 25.8 Å². The molecule has 2 N–H and O–H groups in total. The maximum Gasteiger partial charge on any atom is 0.123 e. The van der Waals surface area contributed by atoms with Crippen molar-refractivity contribution in [3.63, 3.8) is 0 Å². The third-order valence-corrected chi connectivity index (χ3v) is 3.09. The second-order valence-electron chi connectivity index (χ2n) is 4.58. The van der Waals surface area contributed by atoms with Crippen LogP contribution >= 0.6 is 0 Å². The second kappa shape index (κ2) is 4.62. The van der Waals surface area contributed by atoms with Crippen molar-refractivity contribution in [3.05, 3.63) is 23.9 Å². The minimum Gasteiger partial charge on any atom is -0.384 e. The minimum absolute atomic E-state index is 0.598. The van der Waals surface area contributed by atoms with Gasteiger partial charge < -0.3 is 10.6 Å². The van der Waals surface area contributed by atoms with Crippen molar-refractivity contribution in [3.8, 4) is 0 Å². The molecule has 0 radical (unpaired) electrons. The molecule has 1 saturated carbocycles. The highest BCUT2D eigenvalue weighted by atomic mass is 15.1. The molecule has 3 heteroatoms. The number of nitrogens with two attached hydrogens (primary N) is 1. The van der Waals surface area contributed by atoms with Gasteiger partial charge in [-0.2, -0.15) is 0 Å². The van der Waals surface area contributed by atoms with E-state index >= 15 is 0 Å². The Morgan fingerprint density at radius 2 is 2.27 bits per heavy atom. The number of nitrogens with zero attached hydrogens (tertiary/aromatic N) is 2. The first-order valence-electron chi connectivity index (χ1n) is 5.63. The zero-order chi connectivity index (χ0) is 10.7. The summed E-state index contributed by atoms with van der Waals surface area (Å²) < 4.78 is 0. The van der Waals surface area contributed by atoms with Gasteiger partial charge in [0.2, 0.25) is 0 Å². The number of anilines is 1. The maximum atomic E-state index is 5.54. The fourth-order valence-corrected chi connectivity index (χ4v) is 2.02. The van der Waals surface area contributed by atoms with Gasteiger partial charge in [0.15, 0.2) is 0 Å². The van der Waals surface area contributed by atoms with E-state index in [0.717, 1.165) is 12.5 Å². The standard InChI is InChI=1S/C12H19N3/c1-15(8-10-3-2-4-10)9-11-5-6-12(13)14-7-11/h5-7,10H,2-4,8-9H2,1H3,(H2,13,14). The van der Waals surface area contributed by atoms with Crippen LogP contribution in [-0.4, -0.2) is 23.5 Å². The van der Waals surface area contributed by atoms with E-state index in [2.05, 4.69) is 23.0 Å². The van der Waals surface area contributed by atoms with E-state index < -0.39 is 0 Å². The molecule has 82 valence electrons. The molecule has 1 aromatic heterocycles. The Morgan fingerprint density at radius 1 is 1.47 bits per heavy atom. The van der Waals surface area contributed by atoms with Gasteiger partial charge in [0.1, 0.15) is 5.82 Å². The summed E-state index contributed by atoms with van der Waals surface area (Å²) >= 11 is 0. The summed E-state index contributed by atoms with van der Waals surface area (Å²) in [5.74, 6) is 1.53. The van der Waals surface area contributed by atoms with Crippen molar-refractivity contribution in [1.82, 2.24) is 9.88 Å². The van der Waals surface area contributed by atoms with Crippen LogP contribution in [0.2, 0.25) is 0 Å². The molecule has 15 heavy (non-hydrogen) atoms. The van der Waals surface area contributed by atoms with E-state index in [0.29, 0.717) is 5.82 Å². The van der Waals surface area contributed by atoms with Gasteiger partial charge in [0.05, 0.1) is 0 Å². The summed E-state index contributed by atoms with van der Waals surface area (Å²) in [6, 6.07) is 3.92. The molecule has 1 fully saturated rings. The third-order valence-electron chi connectivity index (χ3n) is 3.09. The van der Waals surface area contributed by atoms with Crippen molar-refractivity contribution < 1.29 is 0 Å². The van der Waals surface area contributed by atoms with Crippen LogP contribution < -0.4 is 5.73 Å². The molecule has 0 spiro atoms. The van der Waals surface area contributed by atoms with Crippen LogP contribution in [0.3, 0.4) is 0 Å². The first-order valence-corrected chi connectivity index (χ1v) is 5.63. The predicted molar refractivity (Wildman–Crippen MR) is 62.3 cm³/mol. The van der Waals surface area contributed by atoms with E-state index in [-0.39, 0.29) is 0 Å². The van der Waals surface area contributed by atoms with Crippen molar-refractivity contribution in [2.75, 3.05) is 19.3 Å². The first-order chi connectivity index (χ1) is 7.24. The van der Waals surface area contributed by atoms with Gasteiger partial charge in [0.25, 0.3) is 0 Å². The molecule has 0 amide bonds. The molecule has 1 heterocycles. The van der Waals surface area contributed by atoms with Gasteiger partial charge in [-0.05, 0) is 37.4 Å². The first kappa shape index (κ1) is 10.4. The number of pyridine rings is 1. The SMILES string of the molecule is CN(Cc1ccc(N)nc1)CC1CCC1. The van der Waals surface area contributed by atoms with Crippen LogP contribution in [0.4, 0.5) is 5.82 Å². The summed E-state index contributed by atoms with van der Waals surface area (Å²) in [5.41, 5.74) is 6.79. The van der Waals surface area contributed by atoms with Crippen LogP contribution in [0, 0.1) is 5.92 Å². The zero-order valence-corrected chi connectivity index (χ0v) is 9.32.